The van der Waals surface area contributed by atoms with E-state index in [2.05, 4.69) is 13.8 Å². The van der Waals surface area contributed by atoms with Gasteiger partial charge in [0.1, 0.15) is 0 Å². The van der Waals surface area contributed by atoms with Crippen molar-refractivity contribution in [1.82, 2.24) is 0 Å². The molecule has 164 valence electrons. The van der Waals surface area contributed by atoms with Gasteiger partial charge < -0.3 is 9.66 Å². The molecule has 0 aliphatic heterocycles. The van der Waals surface area contributed by atoms with Crippen LogP contribution >= 0.6 is 0 Å². The van der Waals surface area contributed by atoms with Crippen LogP contribution in [-0.2, 0) is 10.1 Å². The molecule has 0 heterocycles. The maximum absolute atomic E-state index is 11.5. The summed E-state index contributed by atoms with van der Waals surface area (Å²) >= 11 is 0. The molecule has 0 aromatic carbocycles. The Bertz CT molecular complexity index is 415. The minimum atomic E-state index is -4.18. The fourth-order valence-electron chi connectivity index (χ4n) is 3.64. The van der Waals surface area contributed by atoms with E-state index < -0.39 is 15.4 Å². The van der Waals surface area contributed by atoms with Crippen molar-refractivity contribution >= 4 is 10.1 Å². The van der Waals surface area contributed by atoms with Crippen molar-refractivity contribution in [2.75, 3.05) is 0 Å². The molecule has 0 spiro atoms. The first kappa shape index (κ1) is 31.1. The molecule has 0 amide bonds. The van der Waals surface area contributed by atoms with E-state index in [0.29, 0.717) is 12.8 Å². The molecule has 0 saturated heterocycles. The number of hydrogen-bond acceptors (Lipinski definition) is 4. The predicted molar refractivity (Wildman–Crippen MR) is 114 cm³/mol. The Labute approximate surface area is 197 Å². The summed E-state index contributed by atoms with van der Waals surface area (Å²) in [7, 11) is -4.18. The number of aliphatic hydroxyl groups is 1. The van der Waals surface area contributed by atoms with E-state index in [1.807, 2.05) is 0 Å². The summed E-state index contributed by atoms with van der Waals surface area (Å²) in [5.74, 6) is 0. The smallest absolute Gasteiger partial charge is 0.748 e. The molecule has 0 fully saturated rings. The van der Waals surface area contributed by atoms with E-state index in [1.165, 1.54) is 38.5 Å². The standard InChI is InChI=1S/C22H46O4S.Na/c1-3-5-7-8-9-10-15-19-22(27(24,25)26)20-16-12-11-14-18-21(23)17-13-6-4-2;/h21-23H,3-20H2,1-2H3,(H,24,25,26);/q;+1/p-1. The predicted octanol–water partition coefficient (Wildman–Crippen LogP) is 3.33. The molecular formula is C22H45NaO4S. The first-order valence-electron chi connectivity index (χ1n) is 11.5. The Balaban J connectivity index is 0. The van der Waals surface area contributed by atoms with Crippen molar-refractivity contribution in [3.05, 3.63) is 0 Å². The molecule has 0 radical (unpaired) electrons. The van der Waals surface area contributed by atoms with Gasteiger partial charge in [0.15, 0.2) is 0 Å². The normalized spacial score (nSPS) is 13.9. The van der Waals surface area contributed by atoms with E-state index in [9.17, 15) is 18.1 Å². The summed E-state index contributed by atoms with van der Waals surface area (Å²) in [6.45, 7) is 4.36. The molecule has 0 saturated carbocycles. The second kappa shape index (κ2) is 21.1. The largest absolute Gasteiger partial charge is 1.00 e. The van der Waals surface area contributed by atoms with Crippen LogP contribution in [0.4, 0.5) is 0 Å². The third-order valence-electron chi connectivity index (χ3n) is 5.49. The monoisotopic (exact) mass is 428 g/mol. The molecule has 0 aromatic rings. The molecule has 2 unspecified atom stereocenters. The molecule has 28 heavy (non-hydrogen) atoms. The SMILES string of the molecule is CCCCCCCCCC(CCCCCCC(O)CCCCC)S(=O)(=O)[O-].[Na+]. The zero-order chi connectivity index (χ0) is 20.4. The van der Waals surface area contributed by atoms with Gasteiger partial charge in [-0.3, -0.25) is 0 Å². The van der Waals surface area contributed by atoms with Crippen molar-refractivity contribution < 1.29 is 47.6 Å². The van der Waals surface area contributed by atoms with Gasteiger partial charge in [0, 0.05) is 5.25 Å². The summed E-state index contributed by atoms with van der Waals surface area (Å²) in [5.41, 5.74) is 0. The summed E-state index contributed by atoms with van der Waals surface area (Å²) in [6, 6.07) is 0. The van der Waals surface area contributed by atoms with E-state index in [4.69, 9.17) is 0 Å². The van der Waals surface area contributed by atoms with Gasteiger partial charge in [-0.25, -0.2) is 8.42 Å². The quantitative estimate of drug-likeness (QED) is 0.183. The zero-order valence-electron chi connectivity index (χ0n) is 19.0. The van der Waals surface area contributed by atoms with E-state index in [0.717, 1.165) is 64.2 Å². The van der Waals surface area contributed by atoms with Gasteiger partial charge in [0.2, 0.25) is 0 Å². The van der Waals surface area contributed by atoms with Gasteiger partial charge in [-0.05, 0) is 25.7 Å². The topological polar surface area (TPSA) is 77.4 Å². The fourth-order valence-corrected chi connectivity index (χ4v) is 4.55. The van der Waals surface area contributed by atoms with Crippen LogP contribution < -0.4 is 29.6 Å². The summed E-state index contributed by atoms with van der Waals surface area (Å²) in [5, 5.41) is 9.19. The minimum absolute atomic E-state index is 0. The average molecular weight is 429 g/mol. The van der Waals surface area contributed by atoms with Crippen LogP contribution in [0, 0.1) is 0 Å². The van der Waals surface area contributed by atoms with Gasteiger partial charge in [-0.2, -0.15) is 0 Å². The van der Waals surface area contributed by atoms with Crippen LogP contribution in [0.2, 0.25) is 0 Å². The maximum atomic E-state index is 11.5. The molecular weight excluding hydrogens is 383 g/mol. The Morgan fingerprint density at radius 3 is 1.39 bits per heavy atom. The van der Waals surface area contributed by atoms with E-state index in [1.54, 1.807) is 0 Å². The zero-order valence-corrected chi connectivity index (χ0v) is 21.8. The summed E-state index contributed by atoms with van der Waals surface area (Å²) < 4.78 is 34.4. The molecule has 1 N–H and O–H groups in total. The molecule has 2 atom stereocenters. The van der Waals surface area contributed by atoms with Crippen molar-refractivity contribution in [1.29, 1.82) is 0 Å². The van der Waals surface area contributed by atoms with Crippen molar-refractivity contribution in [2.45, 2.75) is 141 Å². The second-order valence-corrected chi connectivity index (χ2v) is 9.82. The summed E-state index contributed by atoms with van der Waals surface area (Å²) in [4.78, 5) is 0. The Hall–Kier alpha value is 0.870. The number of unbranched alkanes of at least 4 members (excludes halogenated alkanes) is 11. The van der Waals surface area contributed by atoms with Gasteiger partial charge in [-0.1, -0.05) is 104 Å². The third kappa shape index (κ3) is 20.2. The van der Waals surface area contributed by atoms with Crippen LogP contribution in [0.25, 0.3) is 0 Å². The molecule has 0 bridgehead atoms. The molecule has 0 aliphatic carbocycles. The minimum Gasteiger partial charge on any atom is -0.748 e. The van der Waals surface area contributed by atoms with E-state index in [-0.39, 0.29) is 35.7 Å². The van der Waals surface area contributed by atoms with Crippen molar-refractivity contribution in [3.8, 4) is 0 Å². The average Bonchev–Trinajstić information content (AvgIpc) is 2.61. The Kier molecular flexibility index (Phi) is 23.4. The van der Waals surface area contributed by atoms with Crippen molar-refractivity contribution in [2.24, 2.45) is 0 Å². The van der Waals surface area contributed by atoms with Gasteiger partial charge >= 0.3 is 29.6 Å². The first-order chi connectivity index (χ1) is 12.9. The number of hydrogen-bond donors (Lipinski definition) is 1. The molecule has 0 aromatic heterocycles. The molecule has 0 rings (SSSR count). The van der Waals surface area contributed by atoms with Crippen LogP contribution in [0.5, 0.6) is 0 Å². The third-order valence-corrected chi connectivity index (χ3v) is 6.78. The van der Waals surface area contributed by atoms with Gasteiger partial charge in [0.05, 0.1) is 16.2 Å². The Morgan fingerprint density at radius 2 is 0.964 bits per heavy atom. The molecule has 6 heteroatoms. The van der Waals surface area contributed by atoms with Crippen molar-refractivity contribution in [3.63, 3.8) is 0 Å². The second-order valence-electron chi connectivity index (χ2n) is 8.17. The maximum Gasteiger partial charge on any atom is 1.00 e. The molecule has 0 aliphatic rings. The Morgan fingerprint density at radius 1 is 0.643 bits per heavy atom. The van der Waals surface area contributed by atoms with Crippen LogP contribution in [0.15, 0.2) is 0 Å². The fraction of sp³-hybridized carbons (Fsp3) is 1.00. The van der Waals surface area contributed by atoms with Crippen LogP contribution in [0.1, 0.15) is 129 Å². The van der Waals surface area contributed by atoms with Gasteiger partial charge in [0.25, 0.3) is 0 Å². The van der Waals surface area contributed by atoms with Gasteiger partial charge in [-0.15, -0.1) is 0 Å². The number of aliphatic hydroxyl groups excluding tert-OH is 1. The van der Waals surface area contributed by atoms with Crippen LogP contribution in [0.3, 0.4) is 0 Å². The summed E-state index contributed by atoms with van der Waals surface area (Å²) in [6.07, 6.45) is 17.8. The molecule has 4 nitrogen and oxygen atoms in total. The first-order valence-corrected chi connectivity index (χ1v) is 13.0. The van der Waals surface area contributed by atoms with Crippen LogP contribution in [-0.4, -0.2) is 29.4 Å². The number of rotatable bonds is 20. The van der Waals surface area contributed by atoms with E-state index >= 15 is 0 Å².